The molecule has 0 fully saturated rings. The first-order valence-corrected chi connectivity index (χ1v) is 7.98. The summed E-state index contributed by atoms with van der Waals surface area (Å²) in [5, 5.41) is 6.34. The van der Waals surface area contributed by atoms with E-state index in [0.29, 0.717) is 18.1 Å². The Morgan fingerprint density at radius 3 is 2.44 bits per heavy atom. The summed E-state index contributed by atoms with van der Waals surface area (Å²) < 4.78 is 26.8. The van der Waals surface area contributed by atoms with Crippen LogP contribution in [0.15, 0.2) is 11.1 Å². The molecule has 5 nitrogen and oxygen atoms in total. The topological polar surface area (TPSA) is 74.8 Å². The second-order valence-corrected chi connectivity index (χ2v) is 6.53. The number of aromatic amines is 1. The van der Waals surface area contributed by atoms with E-state index in [1.54, 1.807) is 6.92 Å². The van der Waals surface area contributed by atoms with E-state index in [1.807, 2.05) is 13.8 Å². The summed E-state index contributed by atoms with van der Waals surface area (Å²) in [7, 11) is -3.51. The average molecular weight is 294 g/mol. The Morgan fingerprint density at radius 2 is 2.06 bits per heavy atom. The van der Waals surface area contributed by atoms with Gasteiger partial charge in [-0.05, 0) is 25.2 Å². The van der Waals surface area contributed by atoms with Crippen LogP contribution in [-0.4, -0.2) is 31.0 Å². The van der Waals surface area contributed by atoms with Crippen molar-refractivity contribution < 1.29 is 8.42 Å². The van der Waals surface area contributed by atoms with Crippen molar-refractivity contribution in [3.05, 3.63) is 11.9 Å². The third-order valence-corrected chi connectivity index (χ3v) is 5.58. The fraction of sp³-hybridized carbons (Fsp3) is 0.727. The highest BCUT2D eigenvalue weighted by Gasteiger charge is 2.28. The summed E-state index contributed by atoms with van der Waals surface area (Å²) in [6, 6.07) is 0. The standard InChI is InChI=1S/C11H20ClN3O2S/c1-4-11(5-2,7-12)8-14-18(16,17)10-6-13-15-9(10)3/h6,14H,4-5,7-8H2,1-3H3,(H,13,15). The minimum Gasteiger partial charge on any atom is -0.281 e. The summed E-state index contributed by atoms with van der Waals surface area (Å²) in [5.74, 6) is 0.437. The molecule has 0 aliphatic heterocycles. The Bertz CT molecular complexity index is 472. The van der Waals surface area contributed by atoms with Gasteiger partial charge in [0.2, 0.25) is 10.0 Å². The van der Waals surface area contributed by atoms with E-state index in [9.17, 15) is 8.42 Å². The number of aromatic nitrogens is 2. The molecule has 0 radical (unpaired) electrons. The Kier molecular flexibility index (Phi) is 5.19. The number of H-pyrrole nitrogens is 1. The fourth-order valence-corrected chi connectivity index (χ4v) is 3.44. The monoisotopic (exact) mass is 293 g/mol. The van der Waals surface area contributed by atoms with Crippen molar-refractivity contribution in [1.82, 2.24) is 14.9 Å². The van der Waals surface area contributed by atoms with E-state index in [2.05, 4.69) is 14.9 Å². The molecule has 0 aliphatic rings. The summed E-state index contributed by atoms with van der Waals surface area (Å²) in [5.41, 5.74) is 0.346. The Morgan fingerprint density at radius 1 is 1.44 bits per heavy atom. The van der Waals surface area contributed by atoms with Crippen molar-refractivity contribution >= 4 is 21.6 Å². The highest BCUT2D eigenvalue weighted by molar-refractivity contribution is 7.89. The lowest BCUT2D eigenvalue weighted by atomic mass is 9.85. The lowest BCUT2D eigenvalue weighted by Crippen LogP contribution is -2.38. The van der Waals surface area contributed by atoms with Gasteiger partial charge in [-0.1, -0.05) is 13.8 Å². The highest BCUT2D eigenvalue weighted by atomic mass is 35.5. The maximum absolute atomic E-state index is 12.1. The molecule has 18 heavy (non-hydrogen) atoms. The van der Waals surface area contributed by atoms with E-state index >= 15 is 0 Å². The van der Waals surface area contributed by atoms with Gasteiger partial charge in [0.15, 0.2) is 0 Å². The number of nitrogens with zero attached hydrogens (tertiary/aromatic N) is 1. The summed E-state index contributed by atoms with van der Waals surface area (Å²) >= 11 is 5.96. The molecule has 0 atom stereocenters. The maximum atomic E-state index is 12.1. The molecule has 1 rings (SSSR count). The highest BCUT2D eigenvalue weighted by Crippen LogP contribution is 2.27. The van der Waals surface area contributed by atoms with Crippen LogP contribution >= 0.6 is 11.6 Å². The van der Waals surface area contributed by atoms with E-state index in [0.717, 1.165) is 12.8 Å². The van der Waals surface area contributed by atoms with Crippen LogP contribution in [0.3, 0.4) is 0 Å². The van der Waals surface area contributed by atoms with Gasteiger partial charge in [0.25, 0.3) is 0 Å². The largest absolute Gasteiger partial charge is 0.281 e. The molecule has 104 valence electrons. The van der Waals surface area contributed by atoms with Crippen LogP contribution in [0.2, 0.25) is 0 Å². The molecule has 1 aromatic rings. The molecule has 1 aromatic heterocycles. The van der Waals surface area contributed by atoms with Crippen LogP contribution in [0.4, 0.5) is 0 Å². The van der Waals surface area contributed by atoms with Gasteiger partial charge in [-0.3, -0.25) is 5.10 Å². The molecule has 0 amide bonds. The van der Waals surface area contributed by atoms with Crippen molar-refractivity contribution in [2.24, 2.45) is 5.41 Å². The van der Waals surface area contributed by atoms with Crippen molar-refractivity contribution in [3.8, 4) is 0 Å². The number of rotatable bonds is 7. The number of aryl methyl sites for hydroxylation is 1. The quantitative estimate of drug-likeness (QED) is 0.756. The third-order valence-electron chi connectivity index (χ3n) is 3.49. The number of hydrogen-bond acceptors (Lipinski definition) is 3. The molecule has 0 aromatic carbocycles. The van der Waals surface area contributed by atoms with Crippen LogP contribution in [0, 0.1) is 12.3 Å². The molecule has 0 unspecified atom stereocenters. The average Bonchev–Trinajstić information content (AvgIpc) is 2.79. The minimum absolute atomic E-state index is 0.188. The summed E-state index contributed by atoms with van der Waals surface area (Å²) in [4.78, 5) is 0.193. The predicted molar refractivity (Wildman–Crippen MR) is 72.2 cm³/mol. The van der Waals surface area contributed by atoms with Crippen molar-refractivity contribution in [2.45, 2.75) is 38.5 Å². The second-order valence-electron chi connectivity index (χ2n) is 4.52. The predicted octanol–water partition coefficient (Wildman–Crippen LogP) is 2.04. The molecule has 1 heterocycles. The molecular weight excluding hydrogens is 274 g/mol. The van der Waals surface area contributed by atoms with Crippen LogP contribution in [0.1, 0.15) is 32.4 Å². The Labute approximate surface area is 113 Å². The third kappa shape index (κ3) is 3.24. The molecule has 0 spiro atoms. The molecule has 0 saturated carbocycles. The summed E-state index contributed by atoms with van der Waals surface area (Å²) in [6.07, 6.45) is 2.98. The van der Waals surface area contributed by atoms with E-state index in [4.69, 9.17) is 11.6 Å². The molecule has 0 bridgehead atoms. The normalized spacial score (nSPS) is 12.9. The second kappa shape index (κ2) is 6.04. The van der Waals surface area contributed by atoms with Crippen molar-refractivity contribution in [1.29, 1.82) is 0 Å². The van der Waals surface area contributed by atoms with Gasteiger partial charge in [0.05, 0.1) is 11.9 Å². The molecule has 2 N–H and O–H groups in total. The van der Waals surface area contributed by atoms with E-state index < -0.39 is 10.0 Å². The summed E-state index contributed by atoms with van der Waals surface area (Å²) in [6.45, 7) is 6.05. The zero-order chi connectivity index (χ0) is 13.8. The van der Waals surface area contributed by atoms with E-state index in [-0.39, 0.29) is 10.3 Å². The van der Waals surface area contributed by atoms with Crippen LogP contribution in [0.25, 0.3) is 0 Å². The number of nitrogens with one attached hydrogen (secondary N) is 2. The van der Waals surface area contributed by atoms with Gasteiger partial charge in [0, 0.05) is 12.4 Å². The first kappa shape index (κ1) is 15.5. The van der Waals surface area contributed by atoms with Crippen LogP contribution < -0.4 is 4.72 Å². The molecule has 7 heteroatoms. The SMILES string of the molecule is CCC(CC)(CCl)CNS(=O)(=O)c1cn[nH]c1C. The Balaban J connectivity index is 2.83. The maximum Gasteiger partial charge on any atom is 0.243 e. The van der Waals surface area contributed by atoms with E-state index in [1.165, 1.54) is 6.20 Å². The molecule has 0 saturated heterocycles. The first-order chi connectivity index (χ1) is 8.40. The van der Waals surface area contributed by atoms with Gasteiger partial charge in [-0.15, -0.1) is 11.6 Å². The van der Waals surface area contributed by atoms with Crippen LogP contribution in [0.5, 0.6) is 0 Å². The minimum atomic E-state index is -3.51. The zero-order valence-electron chi connectivity index (χ0n) is 11.0. The smallest absolute Gasteiger partial charge is 0.243 e. The van der Waals surface area contributed by atoms with Gasteiger partial charge >= 0.3 is 0 Å². The number of hydrogen-bond donors (Lipinski definition) is 2. The lowest BCUT2D eigenvalue weighted by molar-refractivity contribution is 0.304. The zero-order valence-corrected chi connectivity index (χ0v) is 12.5. The fourth-order valence-electron chi connectivity index (χ4n) is 1.67. The number of halogens is 1. The molecule has 0 aliphatic carbocycles. The van der Waals surface area contributed by atoms with Gasteiger partial charge < -0.3 is 0 Å². The molecular formula is C11H20ClN3O2S. The number of sulfonamides is 1. The van der Waals surface area contributed by atoms with Gasteiger partial charge in [0.1, 0.15) is 4.90 Å². The Hall–Kier alpha value is -0.590. The number of alkyl halides is 1. The van der Waals surface area contributed by atoms with Gasteiger partial charge in [-0.25, -0.2) is 13.1 Å². The van der Waals surface area contributed by atoms with Crippen molar-refractivity contribution in [3.63, 3.8) is 0 Å². The van der Waals surface area contributed by atoms with Crippen molar-refractivity contribution in [2.75, 3.05) is 12.4 Å². The van der Waals surface area contributed by atoms with Crippen LogP contribution in [-0.2, 0) is 10.0 Å². The first-order valence-electron chi connectivity index (χ1n) is 5.96. The van der Waals surface area contributed by atoms with Gasteiger partial charge in [-0.2, -0.15) is 5.10 Å². The lowest BCUT2D eigenvalue weighted by Gasteiger charge is -2.29.